The summed E-state index contributed by atoms with van der Waals surface area (Å²) >= 11 is 0. The summed E-state index contributed by atoms with van der Waals surface area (Å²) in [5, 5.41) is 3.57. The molecular formula is C16H35NPt+2. The number of hydrogen-bond acceptors (Lipinski definition) is 1. The Morgan fingerprint density at radius 1 is 0.500 bits per heavy atom. The van der Waals surface area contributed by atoms with Crippen LogP contribution < -0.4 is 5.32 Å². The Bertz CT molecular complexity index is 114. The molecule has 1 N–H and O–H groups in total. The monoisotopic (exact) mass is 436 g/mol. The quantitative estimate of drug-likeness (QED) is 0.365. The second-order valence-electron chi connectivity index (χ2n) is 5.29. The smallest absolute Gasteiger partial charge is 0.317 e. The summed E-state index contributed by atoms with van der Waals surface area (Å²) in [7, 11) is 0. The maximum atomic E-state index is 3.57. The van der Waals surface area contributed by atoms with Crippen molar-refractivity contribution < 1.29 is 21.1 Å². The van der Waals surface area contributed by atoms with Gasteiger partial charge >= 0.3 is 21.1 Å². The molecule has 1 nitrogen and oxygen atoms in total. The van der Waals surface area contributed by atoms with Crippen molar-refractivity contribution in [1.29, 1.82) is 0 Å². The predicted octanol–water partition coefficient (Wildman–Crippen LogP) is 5.29. The SMILES string of the molecule is CCCCCCCCNCCCCCCCC.[Pt+2]. The number of unbranched alkanes of at least 4 members (excludes halogenated alkanes) is 10. The number of rotatable bonds is 14. The first-order valence-corrected chi connectivity index (χ1v) is 8.12. The Kier molecular flexibility index (Phi) is 23.3. The van der Waals surface area contributed by atoms with Crippen LogP contribution in [0.3, 0.4) is 0 Å². The van der Waals surface area contributed by atoms with Crippen molar-refractivity contribution in [2.45, 2.75) is 90.9 Å². The molecule has 0 amide bonds. The molecule has 18 heavy (non-hydrogen) atoms. The van der Waals surface area contributed by atoms with E-state index in [2.05, 4.69) is 19.2 Å². The fourth-order valence-electron chi connectivity index (χ4n) is 2.19. The maximum absolute atomic E-state index is 3.57. The van der Waals surface area contributed by atoms with Gasteiger partial charge in [0.2, 0.25) is 0 Å². The average molecular weight is 437 g/mol. The summed E-state index contributed by atoms with van der Waals surface area (Å²) in [5.74, 6) is 0. The summed E-state index contributed by atoms with van der Waals surface area (Å²) in [6.07, 6.45) is 16.9. The van der Waals surface area contributed by atoms with Gasteiger partial charge in [-0.05, 0) is 25.9 Å². The summed E-state index contributed by atoms with van der Waals surface area (Å²) in [6, 6.07) is 0. The van der Waals surface area contributed by atoms with Gasteiger partial charge in [-0.1, -0.05) is 78.1 Å². The van der Waals surface area contributed by atoms with Gasteiger partial charge in [0.25, 0.3) is 0 Å². The largest absolute Gasteiger partial charge is 2.00 e. The van der Waals surface area contributed by atoms with Gasteiger partial charge in [-0.3, -0.25) is 0 Å². The Balaban J connectivity index is 0. The summed E-state index contributed by atoms with van der Waals surface area (Å²) in [6.45, 7) is 7.03. The van der Waals surface area contributed by atoms with Crippen LogP contribution in [0.5, 0.6) is 0 Å². The molecule has 0 rings (SSSR count). The van der Waals surface area contributed by atoms with E-state index in [1.165, 1.54) is 90.1 Å². The van der Waals surface area contributed by atoms with Crippen LogP contribution >= 0.6 is 0 Å². The van der Waals surface area contributed by atoms with E-state index in [0.717, 1.165) is 0 Å². The first-order valence-electron chi connectivity index (χ1n) is 8.12. The Morgan fingerprint density at radius 3 is 1.22 bits per heavy atom. The van der Waals surface area contributed by atoms with Gasteiger partial charge in [0.15, 0.2) is 0 Å². The molecule has 0 aromatic carbocycles. The average Bonchev–Trinajstić information content (AvgIpc) is 2.35. The maximum Gasteiger partial charge on any atom is 2.00 e. The summed E-state index contributed by atoms with van der Waals surface area (Å²) in [4.78, 5) is 0. The van der Waals surface area contributed by atoms with E-state index >= 15 is 0 Å². The standard InChI is InChI=1S/C16H35N.Pt/c1-3-5-7-9-11-13-15-17-16-14-12-10-8-6-4-2;/h17H,3-16H2,1-2H3;/q;+2. The van der Waals surface area contributed by atoms with Crippen molar-refractivity contribution in [3.8, 4) is 0 Å². The van der Waals surface area contributed by atoms with Crippen molar-refractivity contribution >= 4 is 0 Å². The molecule has 0 bridgehead atoms. The van der Waals surface area contributed by atoms with Crippen LogP contribution in [0.15, 0.2) is 0 Å². The summed E-state index contributed by atoms with van der Waals surface area (Å²) in [5.41, 5.74) is 0. The van der Waals surface area contributed by atoms with Gasteiger partial charge in [0, 0.05) is 0 Å². The molecule has 0 fully saturated rings. The van der Waals surface area contributed by atoms with E-state index in [0.29, 0.717) is 0 Å². The summed E-state index contributed by atoms with van der Waals surface area (Å²) < 4.78 is 0. The third-order valence-corrected chi connectivity index (χ3v) is 3.41. The molecule has 0 aromatic rings. The van der Waals surface area contributed by atoms with E-state index in [1.807, 2.05) is 0 Å². The fraction of sp³-hybridized carbons (Fsp3) is 1.00. The van der Waals surface area contributed by atoms with E-state index in [1.54, 1.807) is 0 Å². The zero-order valence-corrected chi connectivity index (χ0v) is 15.0. The molecule has 0 aliphatic carbocycles. The molecule has 112 valence electrons. The Morgan fingerprint density at radius 2 is 0.833 bits per heavy atom. The number of nitrogens with one attached hydrogen (secondary N) is 1. The molecular weight excluding hydrogens is 401 g/mol. The van der Waals surface area contributed by atoms with Gasteiger partial charge in [-0.15, -0.1) is 0 Å². The second kappa shape index (κ2) is 20.0. The molecule has 0 saturated heterocycles. The topological polar surface area (TPSA) is 12.0 Å². The van der Waals surface area contributed by atoms with Crippen LogP contribution in [-0.4, -0.2) is 13.1 Å². The third kappa shape index (κ3) is 19.0. The molecule has 0 saturated carbocycles. The van der Waals surface area contributed by atoms with Crippen molar-refractivity contribution in [1.82, 2.24) is 5.32 Å². The van der Waals surface area contributed by atoms with Crippen LogP contribution in [0.25, 0.3) is 0 Å². The zero-order valence-electron chi connectivity index (χ0n) is 12.7. The molecule has 0 heterocycles. The first kappa shape index (κ1) is 21.0. The van der Waals surface area contributed by atoms with Gasteiger partial charge in [-0.25, -0.2) is 0 Å². The van der Waals surface area contributed by atoms with Gasteiger partial charge < -0.3 is 5.32 Å². The molecule has 0 aliphatic heterocycles. The van der Waals surface area contributed by atoms with Gasteiger partial charge in [0.1, 0.15) is 0 Å². The minimum atomic E-state index is 0. The minimum absolute atomic E-state index is 0. The normalized spacial score (nSPS) is 10.3. The van der Waals surface area contributed by atoms with Crippen LogP contribution in [0.4, 0.5) is 0 Å². The first-order chi connectivity index (χ1) is 8.41. The molecule has 2 heteroatoms. The molecule has 0 radical (unpaired) electrons. The molecule has 0 atom stereocenters. The Hall–Kier alpha value is 0.648. The van der Waals surface area contributed by atoms with Crippen LogP contribution in [0.1, 0.15) is 90.9 Å². The van der Waals surface area contributed by atoms with Crippen molar-refractivity contribution in [2.24, 2.45) is 0 Å². The molecule has 0 unspecified atom stereocenters. The number of hydrogen-bond donors (Lipinski definition) is 1. The Labute approximate surface area is 130 Å². The third-order valence-electron chi connectivity index (χ3n) is 3.41. The molecule has 0 aromatic heterocycles. The van der Waals surface area contributed by atoms with Crippen LogP contribution in [-0.2, 0) is 21.1 Å². The van der Waals surface area contributed by atoms with Crippen LogP contribution in [0.2, 0.25) is 0 Å². The van der Waals surface area contributed by atoms with E-state index < -0.39 is 0 Å². The van der Waals surface area contributed by atoms with Crippen LogP contribution in [0, 0.1) is 0 Å². The van der Waals surface area contributed by atoms with E-state index in [4.69, 9.17) is 0 Å². The molecule has 0 spiro atoms. The fourth-order valence-corrected chi connectivity index (χ4v) is 2.19. The van der Waals surface area contributed by atoms with Gasteiger partial charge in [0.05, 0.1) is 0 Å². The van der Waals surface area contributed by atoms with E-state index in [9.17, 15) is 0 Å². The van der Waals surface area contributed by atoms with Crippen molar-refractivity contribution in [3.63, 3.8) is 0 Å². The van der Waals surface area contributed by atoms with Gasteiger partial charge in [-0.2, -0.15) is 0 Å². The predicted molar refractivity (Wildman–Crippen MR) is 79.6 cm³/mol. The van der Waals surface area contributed by atoms with Crippen molar-refractivity contribution in [3.05, 3.63) is 0 Å². The van der Waals surface area contributed by atoms with E-state index in [-0.39, 0.29) is 21.1 Å². The minimum Gasteiger partial charge on any atom is -0.317 e. The molecule has 0 aliphatic rings. The van der Waals surface area contributed by atoms with Crippen molar-refractivity contribution in [2.75, 3.05) is 13.1 Å². The second-order valence-corrected chi connectivity index (χ2v) is 5.29. The zero-order chi connectivity index (χ0) is 12.6.